The van der Waals surface area contributed by atoms with Crippen molar-refractivity contribution in [3.8, 4) is 0 Å². The van der Waals surface area contributed by atoms with Crippen LogP contribution in [0.15, 0.2) is 0 Å². The van der Waals surface area contributed by atoms with Gasteiger partial charge in [0.2, 0.25) is 0 Å². The van der Waals surface area contributed by atoms with E-state index >= 15 is 0 Å². The van der Waals surface area contributed by atoms with Crippen molar-refractivity contribution in [3.63, 3.8) is 0 Å². The lowest BCUT2D eigenvalue weighted by atomic mass is 10.2. The highest BCUT2D eigenvalue weighted by atomic mass is 16.2. The number of hydrogen-bond acceptors (Lipinski definition) is 2. The zero-order valence-corrected chi connectivity index (χ0v) is 6.30. The monoisotopic (exact) mass is 130 g/mol. The van der Waals surface area contributed by atoms with Gasteiger partial charge in [-0.15, -0.1) is 0 Å². The first kappa shape index (κ1) is 8.92. The molecule has 0 unspecified atom stereocenters. The molecule has 0 aromatic heterocycles. The standard InChI is InChI=1S/C7H16NO/c1-8(2)6-4-3-5-7-9/h5,9H,3-4,6-7H2,1-2H3. The molecule has 9 heavy (non-hydrogen) atoms. The van der Waals surface area contributed by atoms with Crippen LogP contribution >= 0.6 is 0 Å². The normalized spacial score (nSPS) is 10.7. The van der Waals surface area contributed by atoms with Gasteiger partial charge in [0.25, 0.3) is 0 Å². The molecule has 0 heterocycles. The van der Waals surface area contributed by atoms with Gasteiger partial charge in [-0.25, -0.2) is 0 Å². The van der Waals surface area contributed by atoms with Crippen molar-refractivity contribution in [1.82, 2.24) is 4.90 Å². The van der Waals surface area contributed by atoms with E-state index in [-0.39, 0.29) is 6.61 Å². The number of unbranched alkanes of at least 4 members (excludes halogenated alkanes) is 2. The van der Waals surface area contributed by atoms with Crippen LogP contribution < -0.4 is 0 Å². The largest absolute Gasteiger partial charge is 0.396 e. The van der Waals surface area contributed by atoms with Crippen LogP contribution in [0.4, 0.5) is 0 Å². The second-order valence-corrected chi connectivity index (χ2v) is 2.42. The molecule has 0 rings (SSSR count). The quantitative estimate of drug-likeness (QED) is 0.549. The summed E-state index contributed by atoms with van der Waals surface area (Å²) in [7, 11) is 4.11. The van der Waals surface area contributed by atoms with Crippen molar-refractivity contribution in [2.45, 2.75) is 12.8 Å². The van der Waals surface area contributed by atoms with Gasteiger partial charge < -0.3 is 10.0 Å². The fourth-order valence-corrected chi connectivity index (χ4v) is 0.643. The summed E-state index contributed by atoms with van der Waals surface area (Å²) in [5, 5.41) is 8.36. The van der Waals surface area contributed by atoms with Gasteiger partial charge in [0.15, 0.2) is 0 Å². The van der Waals surface area contributed by atoms with E-state index in [2.05, 4.69) is 19.0 Å². The van der Waals surface area contributed by atoms with E-state index in [0.717, 1.165) is 19.4 Å². The minimum absolute atomic E-state index is 0.216. The maximum absolute atomic E-state index is 8.36. The van der Waals surface area contributed by atoms with Gasteiger partial charge in [-0.05, 0) is 39.9 Å². The molecule has 0 spiro atoms. The van der Waals surface area contributed by atoms with Gasteiger partial charge in [0, 0.05) is 6.61 Å². The Bertz CT molecular complexity index is 54.9. The van der Waals surface area contributed by atoms with E-state index in [0.29, 0.717) is 0 Å². The third kappa shape index (κ3) is 7.92. The van der Waals surface area contributed by atoms with E-state index in [1.54, 1.807) is 0 Å². The molecule has 0 fully saturated rings. The molecule has 0 aliphatic rings. The fraction of sp³-hybridized carbons (Fsp3) is 0.857. The minimum Gasteiger partial charge on any atom is -0.396 e. The maximum atomic E-state index is 8.36. The Morgan fingerprint density at radius 1 is 1.44 bits per heavy atom. The van der Waals surface area contributed by atoms with E-state index in [9.17, 15) is 0 Å². The predicted octanol–water partition coefficient (Wildman–Crippen LogP) is 0.525. The second kappa shape index (κ2) is 6.05. The molecule has 2 nitrogen and oxygen atoms in total. The highest BCUT2D eigenvalue weighted by Gasteiger charge is 1.89. The van der Waals surface area contributed by atoms with Gasteiger partial charge in [0.05, 0.1) is 0 Å². The zero-order chi connectivity index (χ0) is 7.11. The number of hydrogen-bond donors (Lipinski definition) is 1. The molecule has 2 heteroatoms. The summed E-state index contributed by atoms with van der Waals surface area (Å²) in [5.74, 6) is 0. The first-order chi connectivity index (χ1) is 4.27. The smallest absolute Gasteiger partial charge is 0.0462 e. The molecule has 0 amide bonds. The average molecular weight is 130 g/mol. The number of aliphatic hydroxyl groups is 1. The van der Waals surface area contributed by atoms with Crippen LogP contribution in [0, 0.1) is 6.42 Å². The molecular weight excluding hydrogens is 114 g/mol. The highest BCUT2D eigenvalue weighted by Crippen LogP contribution is 1.92. The zero-order valence-electron chi connectivity index (χ0n) is 6.30. The van der Waals surface area contributed by atoms with Gasteiger partial charge in [-0.1, -0.05) is 0 Å². The molecule has 55 valence electrons. The van der Waals surface area contributed by atoms with Gasteiger partial charge in [0.1, 0.15) is 0 Å². The first-order valence-corrected chi connectivity index (χ1v) is 3.34. The van der Waals surface area contributed by atoms with Crippen LogP contribution in [0.25, 0.3) is 0 Å². The van der Waals surface area contributed by atoms with E-state index in [1.807, 2.05) is 6.42 Å². The maximum Gasteiger partial charge on any atom is 0.0462 e. The van der Waals surface area contributed by atoms with Gasteiger partial charge in [-0.3, -0.25) is 0 Å². The summed E-state index contributed by atoms with van der Waals surface area (Å²) in [6.07, 6.45) is 4.06. The Balaban J connectivity index is 2.75. The molecule has 0 aliphatic carbocycles. The van der Waals surface area contributed by atoms with Crippen LogP contribution in [0.2, 0.25) is 0 Å². The molecular formula is C7H16NO. The summed E-state index contributed by atoms with van der Waals surface area (Å²) in [4.78, 5) is 2.14. The summed E-state index contributed by atoms with van der Waals surface area (Å²) >= 11 is 0. The second-order valence-electron chi connectivity index (χ2n) is 2.42. The van der Waals surface area contributed by atoms with Crippen LogP contribution in [-0.4, -0.2) is 37.3 Å². The van der Waals surface area contributed by atoms with E-state index < -0.39 is 0 Å². The molecule has 0 bridgehead atoms. The van der Waals surface area contributed by atoms with Crippen molar-refractivity contribution in [1.29, 1.82) is 0 Å². The van der Waals surface area contributed by atoms with E-state index in [1.165, 1.54) is 0 Å². The topological polar surface area (TPSA) is 23.5 Å². The number of aliphatic hydroxyl groups excluding tert-OH is 1. The molecule has 1 N–H and O–H groups in total. The highest BCUT2D eigenvalue weighted by molar-refractivity contribution is 4.61. The Morgan fingerprint density at radius 2 is 2.11 bits per heavy atom. The Morgan fingerprint density at radius 3 is 2.56 bits per heavy atom. The summed E-state index contributed by atoms with van der Waals surface area (Å²) in [6.45, 7) is 1.32. The molecule has 0 aromatic carbocycles. The van der Waals surface area contributed by atoms with E-state index in [4.69, 9.17) is 5.11 Å². The summed E-state index contributed by atoms with van der Waals surface area (Å²) in [6, 6.07) is 0. The van der Waals surface area contributed by atoms with Crippen molar-refractivity contribution in [2.24, 2.45) is 0 Å². The fourth-order valence-electron chi connectivity index (χ4n) is 0.643. The van der Waals surface area contributed by atoms with Crippen molar-refractivity contribution < 1.29 is 5.11 Å². The number of rotatable bonds is 5. The first-order valence-electron chi connectivity index (χ1n) is 3.34. The van der Waals surface area contributed by atoms with Crippen molar-refractivity contribution in [3.05, 3.63) is 6.42 Å². The Kier molecular flexibility index (Phi) is 5.99. The average Bonchev–Trinajstić information content (AvgIpc) is 1.80. The third-order valence-electron chi connectivity index (χ3n) is 1.14. The van der Waals surface area contributed by atoms with Crippen LogP contribution in [0.5, 0.6) is 0 Å². The Hall–Kier alpha value is -0.0800. The lowest BCUT2D eigenvalue weighted by Gasteiger charge is -2.07. The SMILES string of the molecule is CN(C)CCC[CH]CO. The number of nitrogens with zero attached hydrogens (tertiary/aromatic N) is 1. The predicted molar refractivity (Wildman–Crippen MR) is 39.2 cm³/mol. The third-order valence-corrected chi connectivity index (χ3v) is 1.14. The van der Waals surface area contributed by atoms with Crippen LogP contribution in [0.3, 0.4) is 0 Å². The minimum atomic E-state index is 0.216. The van der Waals surface area contributed by atoms with Gasteiger partial charge >= 0.3 is 0 Å². The summed E-state index contributed by atoms with van der Waals surface area (Å²) < 4.78 is 0. The molecule has 0 atom stereocenters. The lowest BCUT2D eigenvalue weighted by molar-refractivity contribution is 0.318. The lowest BCUT2D eigenvalue weighted by Crippen LogP contribution is -2.12. The summed E-state index contributed by atoms with van der Waals surface area (Å²) in [5.41, 5.74) is 0. The molecule has 0 aliphatic heterocycles. The molecule has 0 saturated heterocycles. The molecule has 0 saturated carbocycles. The van der Waals surface area contributed by atoms with Crippen LogP contribution in [-0.2, 0) is 0 Å². The molecule has 1 radical (unpaired) electrons. The van der Waals surface area contributed by atoms with Gasteiger partial charge in [-0.2, -0.15) is 0 Å². The molecule has 0 aromatic rings. The van der Waals surface area contributed by atoms with Crippen molar-refractivity contribution >= 4 is 0 Å². The Labute approximate surface area is 57.5 Å². The van der Waals surface area contributed by atoms with Crippen molar-refractivity contribution in [2.75, 3.05) is 27.2 Å². The van der Waals surface area contributed by atoms with Crippen LogP contribution in [0.1, 0.15) is 12.8 Å².